The van der Waals surface area contributed by atoms with Gasteiger partial charge in [-0.1, -0.05) is 6.07 Å². The molecule has 1 aliphatic rings. The first kappa shape index (κ1) is 11.5. The number of nitrogens with zero attached hydrogens (tertiary/aromatic N) is 2. The number of hydrogen-bond acceptors (Lipinski definition) is 3. The van der Waals surface area contributed by atoms with Gasteiger partial charge in [-0.2, -0.15) is 0 Å². The Morgan fingerprint density at radius 1 is 1.56 bits per heavy atom. The van der Waals surface area contributed by atoms with Crippen LogP contribution in [0.25, 0.3) is 0 Å². The molecule has 1 atom stereocenters. The lowest BCUT2D eigenvalue weighted by Crippen LogP contribution is -2.28. The Kier molecular flexibility index (Phi) is 3.49. The summed E-state index contributed by atoms with van der Waals surface area (Å²) < 4.78 is 0. The predicted octanol–water partition coefficient (Wildman–Crippen LogP) is 2.49. The van der Waals surface area contributed by atoms with Crippen molar-refractivity contribution in [2.75, 3.05) is 12.8 Å². The van der Waals surface area contributed by atoms with Crippen molar-refractivity contribution in [2.45, 2.75) is 30.8 Å². The molecular weight excluding hydrogens is 220 g/mol. The first-order chi connectivity index (χ1) is 7.72. The van der Waals surface area contributed by atoms with Crippen LogP contribution in [0.2, 0.25) is 0 Å². The van der Waals surface area contributed by atoms with Gasteiger partial charge in [0.2, 0.25) is 5.91 Å². The van der Waals surface area contributed by atoms with Crippen LogP contribution in [0.4, 0.5) is 0 Å². The van der Waals surface area contributed by atoms with E-state index < -0.39 is 0 Å². The number of likely N-dealkylation sites (tertiary alicyclic amines) is 1. The minimum Gasteiger partial charge on any atom is -0.336 e. The molecule has 1 fully saturated rings. The molecule has 86 valence electrons. The van der Waals surface area contributed by atoms with Gasteiger partial charge in [0.1, 0.15) is 0 Å². The van der Waals surface area contributed by atoms with Crippen LogP contribution in [0, 0.1) is 0 Å². The van der Waals surface area contributed by atoms with Crippen molar-refractivity contribution in [2.24, 2.45) is 0 Å². The molecule has 0 aliphatic carbocycles. The lowest BCUT2D eigenvalue weighted by atomic mass is 10.1. The summed E-state index contributed by atoms with van der Waals surface area (Å²) in [5, 5.41) is 1.02. The third-order valence-electron chi connectivity index (χ3n) is 3.01. The molecule has 4 heteroatoms. The predicted molar refractivity (Wildman–Crippen MR) is 65.4 cm³/mol. The van der Waals surface area contributed by atoms with Crippen LogP contribution in [0.3, 0.4) is 0 Å². The summed E-state index contributed by atoms with van der Waals surface area (Å²) in [6, 6.07) is 4.35. The highest BCUT2D eigenvalue weighted by molar-refractivity contribution is 7.98. The Bertz CT molecular complexity index is 377. The summed E-state index contributed by atoms with van der Waals surface area (Å²) in [7, 11) is 0. The van der Waals surface area contributed by atoms with Crippen molar-refractivity contribution in [3.63, 3.8) is 0 Å². The third kappa shape index (κ3) is 2.21. The summed E-state index contributed by atoms with van der Waals surface area (Å²) in [6.45, 7) is 2.52. The van der Waals surface area contributed by atoms with E-state index in [2.05, 4.69) is 11.1 Å². The molecule has 1 aromatic heterocycles. The van der Waals surface area contributed by atoms with E-state index in [1.54, 1.807) is 18.7 Å². The lowest BCUT2D eigenvalue weighted by molar-refractivity contribution is -0.129. The van der Waals surface area contributed by atoms with Gasteiger partial charge in [-0.15, -0.1) is 11.8 Å². The highest BCUT2D eigenvalue weighted by Crippen LogP contribution is 2.31. The van der Waals surface area contributed by atoms with E-state index in [9.17, 15) is 4.79 Å². The van der Waals surface area contributed by atoms with Gasteiger partial charge in [0, 0.05) is 19.7 Å². The molecule has 0 unspecified atom stereocenters. The van der Waals surface area contributed by atoms with Crippen molar-refractivity contribution < 1.29 is 4.79 Å². The van der Waals surface area contributed by atoms with Crippen LogP contribution in [0.5, 0.6) is 0 Å². The molecule has 0 radical (unpaired) electrons. The molecule has 1 aliphatic heterocycles. The molecule has 0 spiro atoms. The molecule has 1 amide bonds. The molecule has 0 aromatic carbocycles. The molecule has 1 saturated heterocycles. The van der Waals surface area contributed by atoms with E-state index in [1.165, 1.54) is 0 Å². The average Bonchev–Trinajstić information content (AvgIpc) is 2.78. The van der Waals surface area contributed by atoms with Gasteiger partial charge in [0.25, 0.3) is 0 Å². The quantitative estimate of drug-likeness (QED) is 0.740. The second-order valence-electron chi connectivity index (χ2n) is 4.00. The van der Waals surface area contributed by atoms with Crippen LogP contribution in [0.1, 0.15) is 31.4 Å². The van der Waals surface area contributed by atoms with Gasteiger partial charge in [-0.05, 0) is 30.7 Å². The number of carbonyl (C=O) groups excluding carboxylic acids is 1. The minimum absolute atomic E-state index is 0.163. The zero-order chi connectivity index (χ0) is 11.5. The Morgan fingerprint density at radius 3 is 2.94 bits per heavy atom. The molecule has 2 rings (SSSR count). The summed E-state index contributed by atoms with van der Waals surface area (Å²) in [4.78, 5) is 17.8. The molecule has 0 N–H and O–H groups in total. The van der Waals surface area contributed by atoms with Crippen LogP contribution >= 0.6 is 11.8 Å². The molecule has 3 nitrogen and oxygen atoms in total. The number of thioether (sulfide) groups is 1. The monoisotopic (exact) mass is 236 g/mol. The number of hydrogen-bond donors (Lipinski definition) is 0. The summed E-state index contributed by atoms with van der Waals surface area (Å²) in [5.74, 6) is 0.163. The summed E-state index contributed by atoms with van der Waals surface area (Å²) in [6.07, 6.45) is 6.06. The van der Waals surface area contributed by atoms with Crippen LogP contribution in [-0.2, 0) is 4.79 Å². The van der Waals surface area contributed by atoms with Crippen molar-refractivity contribution in [1.29, 1.82) is 0 Å². The van der Waals surface area contributed by atoms with E-state index >= 15 is 0 Å². The van der Waals surface area contributed by atoms with Crippen LogP contribution in [0.15, 0.2) is 23.4 Å². The smallest absolute Gasteiger partial charge is 0.219 e. The number of aromatic nitrogens is 1. The average molecular weight is 236 g/mol. The molecular formula is C12H16N2OS. The van der Waals surface area contributed by atoms with E-state index in [4.69, 9.17) is 0 Å². The van der Waals surface area contributed by atoms with E-state index in [0.29, 0.717) is 0 Å². The maximum atomic E-state index is 11.5. The van der Waals surface area contributed by atoms with Crippen molar-refractivity contribution in [3.8, 4) is 0 Å². The Hall–Kier alpha value is -1.03. The maximum Gasteiger partial charge on any atom is 0.219 e. The summed E-state index contributed by atoms with van der Waals surface area (Å²) >= 11 is 1.64. The Balaban J connectivity index is 2.19. The third-order valence-corrected chi connectivity index (χ3v) is 3.67. The van der Waals surface area contributed by atoms with Crippen molar-refractivity contribution in [3.05, 3.63) is 23.9 Å². The second kappa shape index (κ2) is 4.87. The number of rotatable bonds is 2. The highest BCUT2D eigenvalue weighted by Gasteiger charge is 2.27. The van der Waals surface area contributed by atoms with E-state index in [-0.39, 0.29) is 11.9 Å². The minimum atomic E-state index is 0.163. The van der Waals surface area contributed by atoms with Gasteiger partial charge >= 0.3 is 0 Å². The van der Waals surface area contributed by atoms with Crippen molar-refractivity contribution in [1.82, 2.24) is 9.88 Å². The standard InChI is InChI=1S/C12H16N2OS/c1-9(15)14-7-3-4-11(14)10-5-6-12(16-2)13-8-10/h5-6,8,11H,3-4,7H2,1-2H3/t11-/m1/s1. The molecule has 16 heavy (non-hydrogen) atoms. The van der Waals surface area contributed by atoms with Gasteiger partial charge in [-0.3, -0.25) is 4.79 Å². The van der Waals surface area contributed by atoms with Gasteiger partial charge in [-0.25, -0.2) is 4.98 Å². The van der Waals surface area contributed by atoms with E-state index in [0.717, 1.165) is 30.0 Å². The zero-order valence-corrected chi connectivity index (χ0v) is 10.5. The van der Waals surface area contributed by atoms with Gasteiger partial charge in [0.15, 0.2) is 0 Å². The fourth-order valence-electron chi connectivity index (χ4n) is 2.20. The fourth-order valence-corrected chi connectivity index (χ4v) is 2.56. The topological polar surface area (TPSA) is 33.2 Å². The fraction of sp³-hybridized carbons (Fsp3) is 0.500. The number of carbonyl (C=O) groups is 1. The number of amides is 1. The Morgan fingerprint density at radius 2 is 2.38 bits per heavy atom. The van der Waals surface area contributed by atoms with Crippen LogP contribution in [-0.4, -0.2) is 28.6 Å². The highest BCUT2D eigenvalue weighted by atomic mass is 32.2. The molecule has 1 aromatic rings. The Labute approximate surface area is 100 Å². The van der Waals surface area contributed by atoms with Crippen molar-refractivity contribution >= 4 is 17.7 Å². The lowest BCUT2D eigenvalue weighted by Gasteiger charge is -2.23. The van der Waals surface area contributed by atoms with Gasteiger partial charge in [0.05, 0.1) is 11.1 Å². The number of pyridine rings is 1. The first-order valence-corrected chi connectivity index (χ1v) is 6.72. The first-order valence-electron chi connectivity index (χ1n) is 5.49. The SMILES string of the molecule is CSc1ccc([C@H]2CCCN2C(C)=O)cn1. The molecule has 2 heterocycles. The molecule has 0 bridgehead atoms. The summed E-state index contributed by atoms with van der Waals surface area (Å²) in [5.41, 5.74) is 1.16. The normalized spacial score (nSPS) is 20.1. The second-order valence-corrected chi connectivity index (χ2v) is 4.83. The van der Waals surface area contributed by atoms with Crippen LogP contribution < -0.4 is 0 Å². The molecule has 0 saturated carbocycles. The van der Waals surface area contributed by atoms with E-state index in [1.807, 2.05) is 23.4 Å². The zero-order valence-electron chi connectivity index (χ0n) is 9.64. The van der Waals surface area contributed by atoms with Gasteiger partial charge < -0.3 is 4.90 Å². The maximum absolute atomic E-state index is 11.5. The largest absolute Gasteiger partial charge is 0.336 e.